The molecule has 0 saturated heterocycles. The number of halogens is 2. The molecular formula is C19H28Cl2N2O. The minimum absolute atomic E-state index is 0. The van der Waals surface area contributed by atoms with Crippen LogP contribution in [0.25, 0.3) is 0 Å². The minimum atomic E-state index is 0. The Morgan fingerprint density at radius 1 is 0.875 bits per heavy atom. The number of hydrogen-bond donors (Lipinski definition) is 1. The summed E-state index contributed by atoms with van der Waals surface area (Å²) in [5.74, 6) is 0.917. The lowest BCUT2D eigenvalue weighted by Gasteiger charge is -2.10. The summed E-state index contributed by atoms with van der Waals surface area (Å²) in [6.45, 7) is 3.69. The van der Waals surface area contributed by atoms with Crippen LogP contribution in [0.1, 0.15) is 17.5 Å². The number of ether oxygens (including phenoxy) is 1. The van der Waals surface area contributed by atoms with Gasteiger partial charge in [0.05, 0.1) is 0 Å². The molecule has 0 aliphatic rings. The van der Waals surface area contributed by atoms with Crippen LogP contribution in [0.3, 0.4) is 0 Å². The molecule has 0 aliphatic carbocycles. The maximum Gasteiger partial charge on any atom is 0.119 e. The molecule has 0 amide bonds. The second kappa shape index (κ2) is 13.1. The van der Waals surface area contributed by atoms with Crippen molar-refractivity contribution in [2.45, 2.75) is 19.6 Å². The predicted octanol–water partition coefficient (Wildman–Crippen LogP) is 4.15. The maximum absolute atomic E-state index is 5.79. The molecule has 0 aromatic heterocycles. The molecule has 2 aromatic rings. The molecule has 0 saturated carbocycles. The van der Waals surface area contributed by atoms with Crippen LogP contribution in [0, 0.1) is 0 Å². The SMILES string of the molecule is CN(C)CCCNCc1ccc(OCc2ccccc2)cc1.Cl.Cl. The molecule has 0 atom stereocenters. The third-order valence-electron chi connectivity index (χ3n) is 3.46. The van der Waals surface area contributed by atoms with Gasteiger partial charge < -0.3 is 15.0 Å². The lowest BCUT2D eigenvalue weighted by Crippen LogP contribution is -2.20. The molecule has 0 fully saturated rings. The Morgan fingerprint density at radius 2 is 1.54 bits per heavy atom. The van der Waals surface area contributed by atoms with E-state index in [4.69, 9.17) is 4.74 Å². The first-order valence-electron chi connectivity index (χ1n) is 7.85. The maximum atomic E-state index is 5.79. The molecule has 24 heavy (non-hydrogen) atoms. The van der Waals surface area contributed by atoms with Crippen molar-refractivity contribution in [1.82, 2.24) is 10.2 Å². The lowest BCUT2D eigenvalue weighted by molar-refractivity contribution is 0.306. The number of benzene rings is 2. The molecule has 0 bridgehead atoms. The fourth-order valence-electron chi connectivity index (χ4n) is 2.20. The van der Waals surface area contributed by atoms with Crippen LogP contribution in [-0.4, -0.2) is 32.1 Å². The Labute approximate surface area is 158 Å². The molecule has 5 heteroatoms. The van der Waals surface area contributed by atoms with Crippen LogP contribution < -0.4 is 10.1 Å². The van der Waals surface area contributed by atoms with Crippen LogP contribution in [0.15, 0.2) is 54.6 Å². The summed E-state index contributed by atoms with van der Waals surface area (Å²) in [4.78, 5) is 2.21. The van der Waals surface area contributed by atoms with Gasteiger partial charge in [-0.2, -0.15) is 0 Å². The molecule has 2 aromatic carbocycles. The van der Waals surface area contributed by atoms with Gasteiger partial charge in [-0.1, -0.05) is 42.5 Å². The third-order valence-corrected chi connectivity index (χ3v) is 3.46. The van der Waals surface area contributed by atoms with E-state index in [1.807, 2.05) is 30.3 Å². The first-order valence-corrected chi connectivity index (χ1v) is 7.85. The van der Waals surface area contributed by atoms with Crippen LogP contribution >= 0.6 is 24.8 Å². The number of nitrogens with one attached hydrogen (secondary N) is 1. The van der Waals surface area contributed by atoms with Gasteiger partial charge in [-0.25, -0.2) is 0 Å². The normalized spacial score (nSPS) is 9.96. The zero-order valence-electron chi connectivity index (χ0n) is 14.4. The molecule has 134 valence electrons. The van der Waals surface area contributed by atoms with E-state index in [9.17, 15) is 0 Å². The average molecular weight is 371 g/mol. The second-order valence-corrected chi connectivity index (χ2v) is 5.75. The Morgan fingerprint density at radius 3 is 2.17 bits per heavy atom. The van der Waals surface area contributed by atoms with Crippen molar-refractivity contribution in [3.8, 4) is 5.75 Å². The van der Waals surface area contributed by atoms with Crippen molar-refractivity contribution in [3.05, 3.63) is 65.7 Å². The fourth-order valence-corrected chi connectivity index (χ4v) is 2.20. The highest BCUT2D eigenvalue weighted by Gasteiger charge is 1.97. The molecule has 0 heterocycles. The van der Waals surface area contributed by atoms with Gasteiger partial charge in [0.15, 0.2) is 0 Å². The highest BCUT2D eigenvalue weighted by molar-refractivity contribution is 5.85. The zero-order chi connectivity index (χ0) is 15.6. The van der Waals surface area contributed by atoms with Crippen molar-refractivity contribution < 1.29 is 4.74 Å². The van der Waals surface area contributed by atoms with E-state index < -0.39 is 0 Å². The van der Waals surface area contributed by atoms with Crippen molar-refractivity contribution >= 4 is 24.8 Å². The molecule has 0 unspecified atom stereocenters. The van der Waals surface area contributed by atoms with Gasteiger partial charge >= 0.3 is 0 Å². The van der Waals surface area contributed by atoms with Gasteiger partial charge in [-0.3, -0.25) is 0 Å². The lowest BCUT2D eigenvalue weighted by atomic mass is 10.2. The van der Waals surface area contributed by atoms with Crippen molar-refractivity contribution in [3.63, 3.8) is 0 Å². The summed E-state index contributed by atoms with van der Waals surface area (Å²) in [5.41, 5.74) is 2.48. The highest BCUT2D eigenvalue weighted by Crippen LogP contribution is 2.14. The van der Waals surface area contributed by atoms with Gasteiger partial charge in [-0.15, -0.1) is 24.8 Å². The largest absolute Gasteiger partial charge is 0.489 e. The summed E-state index contributed by atoms with van der Waals surface area (Å²) in [6, 6.07) is 18.6. The smallest absolute Gasteiger partial charge is 0.119 e. The molecule has 1 N–H and O–H groups in total. The first-order chi connectivity index (χ1) is 10.7. The summed E-state index contributed by atoms with van der Waals surface area (Å²) in [7, 11) is 4.21. The van der Waals surface area contributed by atoms with Gasteiger partial charge in [0.1, 0.15) is 12.4 Å². The summed E-state index contributed by atoms with van der Waals surface area (Å²) in [5, 5.41) is 3.47. The van der Waals surface area contributed by atoms with E-state index in [0.29, 0.717) is 6.61 Å². The standard InChI is InChI=1S/C19H26N2O.2ClH/c1-21(2)14-6-13-20-15-17-9-11-19(12-10-17)22-16-18-7-4-3-5-8-18;;/h3-5,7-12,20H,6,13-16H2,1-2H3;2*1H. The van der Waals surface area contributed by atoms with E-state index >= 15 is 0 Å². The topological polar surface area (TPSA) is 24.5 Å². The molecule has 2 rings (SSSR count). The van der Waals surface area contributed by atoms with Crippen LogP contribution in [0.4, 0.5) is 0 Å². The van der Waals surface area contributed by atoms with Gasteiger partial charge in [0, 0.05) is 6.54 Å². The Kier molecular flexibility index (Phi) is 12.4. The number of rotatable bonds is 9. The molecule has 0 radical (unpaired) electrons. The molecule has 3 nitrogen and oxygen atoms in total. The van der Waals surface area contributed by atoms with E-state index in [2.05, 4.69) is 48.6 Å². The van der Waals surface area contributed by atoms with Gasteiger partial charge in [0.2, 0.25) is 0 Å². The number of nitrogens with zero attached hydrogens (tertiary/aromatic N) is 1. The average Bonchev–Trinajstić information content (AvgIpc) is 2.54. The molecular weight excluding hydrogens is 343 g/mol. The van der Waals surface area contributed by atoms with E-state index in [-0.39, 0.29) is 24.8 Å². The predicted molar refractivity (Wildman–Crippen MR) is 107 cm³/mol. The minimum Gasteiger partial charge on any atom is -0.489 e. The highest BCUT2D eigenvalue weighted by atomic mass is 35.5. The first kappa shape index (κ1) is 22.7. The fraction of sp³-hybridized carbons (Fsp3) is 0.368. The Hall–Kier alpha value is -1.26. The summed E-state index contributed by atoms with van der Waals surface area (Å²) in [6.07, 6.45) is 1.17. The quantitative estimate of drug-likeness (QED) is 0.671. The van der Waals surface area contributed by atoms with Crippen molar-refractivity contribution in [1.29, 1.82) is 0 Å². The second-order valence-electron chi connectivity index (χ2n) is 5.75. The van der Waals surface area contributed by atoms with Crippen LogP contribution in [-0.2, 0) is 13.2 Å². The van der Waals surface area contributed by atoms with Crippen molar-refractivity contribution in [2.24, 2.45) is 0 Å². The third kappa shape index (κ3) is 9.14. The van der Waals surface area contributed by atoms with Crippen LogP contribution in [0.2, 0.25) is 0 Å². The van der Waals surface area contributed by atoms with Gasteiger partial charge in [-0.05, 0) is 56.9 Å². The van der Waals surface area contributed by atoms with E-state index in [1.165, 1.54) is 17.5 Å². The van der Waals surface area contributed by atoms with E-state index in [1.54, 1.807) is 0 Å². The molecule has 0 aliphatic heterocycles. The molecule has 0 spiro atoms. The van der Waals surface area contributed by atoms with E-state index in [0.717, 1.165) is 25.4 Å². The summed E-state index contributed by atoms with van der Waals surface area (Å²) >= 11 is 0. The summed E-state index contributed by atoms with van der Waals surface area (Å²) < 4.78 is 5.79. The zero-order valence-corrected chi connectivity index (χ0v) is 16.0. The number of hydrogen-bond acceptors (Lipinski definition) is 3. The Balaban J connectivity index is 0.00000264. The Bertz CT molecular complexity index is 533. The van der Waals surface area contributed by atoms with Gasteiger partial charge in [0.25, 0.3) is 0 Å². The van der Waals surface area contributed by atoms with Crippen LogP contribution in [0.5, 0.6) is 5.75 Å². The van der Waals surface area contributed by atoms with Crippen molar-refractivity contribution in [2.75, 3.05) is 27.2 Å². The monoisotopic (exact) mass is 370 g/mol.